The molecule has 2 rings (SSSR count). The molecule has 1 aromatic heterocycles. The fourth-order valence-electron chi connectivity index (χ4n) is 2.07. The van der Waals surface area contributed by atoms with Crippen molar-refractivity contribution in [1.29, 1.82) is 0 Å². The molecule has 2 N–H and O–H groups in total. The first-order valence-corrected chi connectivity index (χ1v) is 6.82. The lowest BCUT2D eigenvalue weighted by atomic mass is 10.1. The Morgan fingerprint density at radius 2 is 1.90 bits per heavy atom. The van der Waals surface area contributed by atoms with Gasteiger partial charge in [-0.2, -0.15) is 4.98 Å². The summed E-state index contributed by atoms with van der Waals surface area (Å²) < 4.78 is 18.7. The van der Waals surface area contributed by atoms with Crippen molar-refractivity contribution in [3.05, 3.63) is 30.1 Å². The van der Waals surface area contributed by atoms with Gasteiger partial charge in [0, 0.05) is 24.7 Å². The number of rotatable bonds is 5. The molecular weight excluding hydrogens is 271 g/mol. The second kappa shape index (κ2) is 6.39. The Labute approximate surface area is 123 Å². The van der Waals surface area contributed by atoms with E-state index in [9.17, 15) is 4.39 Å². The molecule has 0 bridgehead atoms. The minimum Gasteiger partial charge on any atom is -0.494 e. The highest BCUT2D eigenvalue weighted by atomic mass is 19.1. The molecule has 2 aromatic rings. The standard InChI is InChI=1S/C15H19FN4O/c1-4-20(5-2)15-18-12(9-14(17)19-15)10-6-7-13(21-3)11(16)8-10/h6-9H,4-5H2,1-3H3,(H2,17,18,19). The van der Waals surface area contributed by atoms with Crippen molar-refractivity contribution in [1.82, 2.24) is 9.97 Å². The molecule has 0 aliphatic rings. The third-order valence-electron chi connectivity index (χ3n) is 3.23. The topological polar surface area (TPSA) is 64.3 Å². The lowest BCUT2D eigenvalue weighted by molar-refractivity contribution is 0.386. The highest BCUT2D eigenvalue weighted by molar-refractivity contribution is 5.64. The zero-order valence-electron chi connectivity index (χ0n) is 12.4. The maximum Gasteiger partial charge on any atom is 0.227 e. The van der Waals surface area contributed by atoms with Crippen LogP contribution in [0.2, 0.25) is 0 Å². The number of halogens is 1. The van der Waals surface area contributed by atoms with Crippen molar-refractivity contribution in [2.75, 3.05) is 30.8 Å². The van der Waals surface area contributed by atoms with E-state index in [-0.39, 0.29) is 5.75 Å². The largest absolute Gasteiger partial charge is 0.494 e. The van der Waals surface area contributed by atoms with Crippen LogP contribution in [0.25, 0.3) is 11.3 Å². The molecule has 21 heavy (non-hydrogen) atoms. The summed E-state index contributed by atoms with van der Waals surface area (Å²) in [5.41, 5.74) is 7.07. The van der Waals surface area contributed by atoms with E-state index < -0.39 is 5.82 Å². The molecule has 6 heteroatoms. The fraction of sp³-hybridized carbons (Fsp3) is 0.333. The van der Waals surface area contributed by atoms with Crippen molar-refractivity contribution in [3.63, 3.8) is 0 Å². The monoisotopic (exact) mass is 290 g/mol. The quantitative estimate of drug-likeness (QED) is 0.917. The maximum atomic E-state index is 13.8. The first-order chi connectivity index (χ1) is 10.1. The Bertz CT molecular complexity index is 629. The number of hydrogen-bond donors (Lipinski definition) is 1. The van der Waals surface area contributed by atoms with Gasteiger partial charge in [-0.25, -0.2) is 9.37 Å². The Balaban J connectivity index is 2.46. The highest BCUT2D eigenvalue weighted by Gasteiger charge is 2.11. The summed E-state index contributed by atoms with van der Waals surface area (Å²) in [5.74, 6) is 0.672. The fourth-order valence-corrected chi connectivity index (χ4v) is 2.07. The zero-order valence-corrected chi connectivity index (χ0v) is 12.4. The van der Waals surface area contributed by atoms with Gasteiger partial charge in [0.2, 0.25) is 5.95 Å². The van der Waals surface area contributed by atoms with Crippen molar-refractivity contribution < 1.29 is 9.13 Å². The highest BCUT2D eigenvalue weighted by Crippen LogP contribution is 2.26. The van der Waals surface area contributed by atoms with Crippen LogP contribution in [-0.4, -0.2) is 30.2 Å². The van der Waals surface area contributed by atoms with E-state index in [1.165, 1.54) is 13.2 Å². The number of benzene rings is 1. The molecule has 0 fully saturated rings. The molecule has 1 aromatic carbocycles. The Hall–Kier alpha value is -2.37. The normalized spacial score (nSPS) is 10.5. The molecule has 0 atom stereocenters. The van der Waals surface area contributed by atoms with E-state index in [1.807, 2.05) is 18.7 Å². The summed E-state index contributed by atoms with van der Waals surface area (Å²) in [5, 5.41) is 0. The molecule has 0 spiro atoms. The molecule has 0 saturated carbocycles. The molecule has 112 valence electrons. The summed E-state index contributed by atoms with van der Waals surface area (Å²) in [7, 11) is 1.43. The number of methoxy groups -OCH3 is 1. The number of nitrogens with zero attached hydrogens (tertiary/aromatic N) is 3. The van der Waals surface area contributed by atoms with Gasteiger partial charge in [0.1, 0.15) is 5.82 Å². The average Bonchev–Trinajstić information content (AvgIpc) is 2.48. The number of nitrogens with two attached hydrogens (primary N) is 1. The Morgan fingerprint density at radius 1 is 1.19 bits per heavy atom. The van der Waals surface area contributed by atoms with E-state index >= 15 is 0 Å². The molecule has 0 aliphatic carbocycles. The van der Waals surface area contributed by atoms with Gasteiger partial charge >= 0.3 is 0 Å². The summed E-state index contributed by atoms with van der Waals surface area (Å²) in [6.45, 7) is 5.58. The number of nitrogen functional groups attached to an aromatic ring is 1. The number of anilines is 2. The third kappa shape index (κ3) is 3.21. The van der Waals surface area contributed by atoms with Crippen LogP contribution in [0.4, 0.5) is 16.2 Å². The van der Waals surface area contributed by atoms with Gasteiger partial charge in [-0.3, -0.25) is 0 Å². The van der Waals surface area contributed by atoms with Crippen molar-refractivity contribution in [3.8, 4) is 17.0 Å². The van der Waals surface area contributed by atoms with Gasteiger partial charge < -0.3 is 15.4 Å². The predicted octanol–water partition coefficient (Wildman–Crippen LogP) is 2.72. The zero-order chi connectivity index (χ0) is 15.4. The molecule has 5 nitrogen and oxygen atoms in total. The molecule has 1 heterocycles. The van der Waals surface area contributed by atoms with Gasteiger partial charge in [-0.15, -0.1) is 0 Å². The summed E-state index contributed by atoms with van der Waals surface area (Å²) >= 11 is 0. The lowest BCUT2D eigenvalue weighted by Crippen LogP contribution is -2.24. The van der Waals surface area contributed by atoms with Crippen LogP contribution in [0.1, 0.15) is 13.8 Å². The van der Waals surface area contributed by atoms with Gasteiger partial charge in [-0.1, -0.05) is 0 Å². The van der Waals surface area contributed by atoms with Crippen LogP contribution in [0.5, 0.6) is 5.75 Å². The van der Waals surface area contributed by atoms with Crippen LogP contribution < -0.4 is 15.4 Å². The Kier molecular flexibility index (Phi) is 4.57. The van der Waals surface area contributed by atoms with Gasteiger partial charge in [0.25, 0.3) is 0 Å². The molecule has 0 amide bonds. The van der Waals surface area contributed by atoms with E-state index in [0.29, 0.717) is 23.0 Å². The molecule has 0 aliphatic heterocycles. The van der Waals surface area contributed by atoms with Crippen LogP contribution in [0.3, 0.4) is 0 Å². The second-order valence-electron chi connectivity index (χ2n) is 4.50. The minimum absolute atomic E-state index is 0.199. The Morgan fingerprint density at radius 3 is 2.48 bits per heavy atom. The SMILES string of the molecule is CCN(CC)c1nc(N)cc(-c2ccc(OC)c(F)c2)n1. The van der Waals surface area contributed by atoms with Crippen molar-refractivity contribution >= 4 is 11.8 Å². The van der Waals surface area contributed by atoms with Gasteiger partial charge in [0.05, 0.1) is 12.8 Å². The summed E-state index contributed by atoms with van der Waals surface area (Å²) in [4.78, 5) is 10.7. The van der Waals surface area contributed by atoms with Crippen LogP contribution in [0.15, 0.2) is 24.3 Å². The van der Waals surface area contributed by atoms with Crippen LogP contribution in [0, 0.1) is 5.82 Å². The van der Waals surface area contributed by atoms with E-state index in [2.05, 4.69) is 9.97 Å². The molecule has 0 radical (unpaired) electrons. The van der Waals surface area contributed by atoms with Crippen molar-refractivity contribution in [2.45, 2.75) is 13.8 Å². The first-order valence-electron chi connectivity index (χ1n) is 6.82. The number of hydrogen-bond acceptors (Lipinski definition) is 5. The number of ether oxygens (including phenoxy) is 1. The van der Waals surface area contributed by atoms with E-state index in [1.54, 1.807) is 18.2 Å². The summed E-state index contributed by atoms with van der Waals surface area (Å²) in [6.07, 6.45) is 0. The van der Waals surface area contributed by atoms with Gasteiger partial charge in [0.15, 0.2) is 11.6 Å². The molecule has 0 saturated heterocycles. The maximum absolute atomic E-state index is 13.8. The molecular formula is C15H19FN4O. The van der Waals surface area contributed by atoms with E-state index in [0.717, 1.165) is 13.1 Å². The number of aromatic nitrogens is 2. The second-order valence-corrected chi connectivity index (χ2v) is 4.50. The smallest absolute Gasteiger partial charge is 0.227 e. The van der Waals surface area contributed by atoms with E-state index in [4.69, 9.17) is 10.5 Å². The molecule has 0 unspecified atom stereocenters. The predicted molar refractivity (Wildman–Crippen MR) is 82.0 cm³/mol. The third-order valence-corrected chi connectivity index (χ3v) is 3.23. The van der Waals surface area contributed by atoms with Crippen LogP contribution in [-0.2, 0) is 0 Å². The average molecular weight is 290 g/mol. The lowest BCUT2D eigenvalue weighted by Gasteiger charge is -2.19. The first kappa shape index (κ1) is 15.0. The van der Waals surface area contributed by atoms with Gasteiger partial charge in [-0.05, 0) is 32.0 Å². The van der Waals surface area contributed by atoms with Crippen LogP contribution >= 0.6 is 0 Å². The van der Waals surface area contributed by atoms with Crippen molar-refractivity contribution in [2.24, 2.45) is 0 Å². The summed E-state index contributed by atoms with van der Waals surface area (Å²) in [6, 6.07) is 6.33. The minimum atomic E-state index is -0.434.